The molecular weight excluding hydrogens is 370 g/mol. The van der Waals surface area contributed by atoms with Crippen LogP contribution in [0.15, 0.2) is 0 Å². The van der Waals surface area contributed by atoms with E-state index in [1.165, 1.54) is 6.42 Å². The molecule has 8 nitrogen and oxygen atoms in total. The predicted molar refractivity (Wildman–Crippen MR) is 104 cm³/mol. The second-order valence-electron chi connectivity index (χ2n) is 9.91. The maximum absolute atomic E-state index is 13.8. The normalized spacial score (nSPS) is 36.4. The first-order valence-corrected chi connectivity index (χ1v) is 11.2. The van der Waals surface area contributed by atoms with Gasteiger partial charge < -0.3 is 9.64 Å². The Morgan fingerprint density at radius 2 is 1.83 bits per heavy atom. The molecule has 1 saturated heterocycles. The Kier molecular flexibility index (Phi) is 4.44. The van der Waals surface area contributed by atoms with Gasteiger partial charge in [0, 0.05) is 13.1 Å². The van der Waals surface area contributed by atoms with Gasteiger partial charge in [-0.1, -0.05) is 0 Å². The highest BCUT2D eigenvalue weighted by molar-refractivity contribution is 5.84. The molecule has 1 aromatic rings. The Hall–Kier alpha value is -1.99. The van der Waals surface area contributed by atoms with E-state index in [4.69, 9.17) is 4.74 Å². The second-order valence-corrected chi connectivity index (χ2v) is 9.91. The van der Waals surface area contributed by atoms with Crippen molar-refractivity contribution in [2.24, 2.45) is 23.2 Å². The topological polar surface area (TPSA) is 90.2 Å². The average molecular weight is 402 g/mol. The number of carbonyl (C=O) groups is 2. The van der Waals surface area contributed by atoms with Crippen LogP contribution in [0.4, 0.5) is 0 Å². The molecule has 1 amide bonds. The minimum absolute atomic E-state index is 0.0657. The van der Waals surface area contributed by atoms with Crippen molar-refractivity contribution in [2.45, 2.75) is 70.8 Å². The summed E-state index contributed by atoms with van der Waals surface area (Å²) in [5.74, 6) is 1.97. The summed E-state index contributed by atoms with van der Waals surface area (Å²) >= 11 is 0. The number of amides is 1. The van der Waals surface area contributed by atoms with Crippen molar-refractivity contribution in [1.29, 1.82) is 0 Å². The predicted octanol–water partition coefficient (Wildman–Crippen LogP) is 2.08. The zero-order chi connectivity index (χ0) is 20.2. The molecule has 2 unspecified atom stereocenters. The molecule has 29 heavy (non-hydrogen) atoms. The summed E-state index contributed by atoms with van der Waals surface area (Å²) in [6.45, 7) is 5.45. The minimum atomic E-state index is -0.289. The van der Waals surface area contributed by atoms with E-state index in [9.17, 15) is 9.59 Å². The molecule has 2 heterocycles. The molecule has 1 aromatic heterocycles. The van der Waals surface area contributed by atoms with E-state index in [0.717, 1.165) is 32.1 Å². The van der Waals surface area contributed by atoms with Crippen LogP contribution < -0.4 is 0 Å². The maximum atomic E-state index is 13.8. The fraction of sp³-hybridized carbons (Fsp3) is 0.857. The van der Waals surface area contributed by atoms with E-state index in [1.54, 1.807) is 0 Å². The summed E-state index contributed by atoms with van der Waals surface area (Å²) in [4.78, 5) is 29.7. The quantitative estimate of drug-likeness (QED) is 0.718. The van der Waals surface area contributed by atoms with Gasteiger partial charge in [0.25, 0.3) is 0 Å². The fourth-order valence-electron chi connectivity index (χ4n) is 7.10. The Bertz CT molecular complexity index is 799. The largest absolute Gasteiger partial charge is 0.466 e. The van der Waals surface area contributed by atoms with Crippen molar-refractivity contribution >= 4 is 11.9 Å². The standard InChI is InChI=1S/C21H31N5O3/c1-3-29-18(27)17-4-6-25(7-5-17)19(28)20-9-15-8-16(10-20)12-21(11-15,13-20)26-23-14(2)22-24-26/h15-17H,3-13H2,1-2H3/t15-,16+,20?,21?. The van der Waals surface area contributed by atoms with E-state index < -0.39 is 0 Å². The summed E-state index contributed by atoms with van der Waals surface area (Å²) in [6.07, 6.45) is 7.61. The first kappa shape index (κ1) is 19.0. The summed E-state index contributed by atoms with van der Waals surface area (Å²) in [5.41, 5.74) is -0.438. The van der Waals surface area contributed by atoms with E-state index in [0.29, 0.717) is 56.1 Å². The number of hydrogen-bond donors (Lipinski definition) is 0. The molecule has 4 atom stereocenters. The Morgan fingerprint density at radius 1 is 1.14 bits per heavy atom. The summed E-state index contributed by atoms with van der Waals surface area (Å²) in [6, 6.07) is 0. The van der Waals surface area contributed by atoms with Gasteiger partial charge >= 0.3 is 5.97 Å². The lowest BCUT2D eigenvalue weighted by Gasteiger charge is -2.61. The number of nitrogens with zero attached hydrogens (tertiary/aromatic N) is 5. The number of likely N-dealkylation sites (tertiary alicyclic amines) is 1. The van der Waals surface area contributed by atoms with E-state index in [1.807, 2.05) is 23.5 Å². The zero-order valence-electron chi connectivity index (χ0n) is 17.5. The van der Waals surface area contributed by atoms with Crippen LogP contribution in [0.3, 0.4) is 0 Å². The van der Waals surface area contributed by atoms with Gasteiger partial charge in [0.2, 0.25) is 5.91 Å². The molecule has 0 radical (unpaired) electrons. The molecule has 8 heteroatoms. The Morgan fingerprint density at radius 3 is 2.41 bits per heavy atom. The number of piperidine rings is 1. The monoisotopic (exact) mass is 401 g/mol. The van der Waals surface area contributed by atoms with Crippen LogP contribution in [-0.2, 0) is 19.9 Å². The van der Waals surface area contributed by atoms with Crippen LogP contribution >= 0.6 is 0 Å². The van der Waals surface area contributed by atoms with Gasteiger partial charge in [0.15, 0.2) is 5.82 Å². The van der Waals surface area contributed by atoms with Gasteiger partial charge in [0.05, 0.1) is 23.5 Å². The number of ether oxygens (including phenoxy) is 1. The number of rotatable bonds is 4. The molecule has 5 fully saturated rings. The van der Waals surface area contributed by atoms with Crippen LogP contribution in [-0.4, -0.2) is 56.7 Å². The average Bonchev–Trinajstić information content (AvgIpc) is 3.14. The first-order chi connectivity index (χ1) is 13.9. The number of esters is 1. The van der Waals surface area contributed by atoms with Gasteiger partial charge in [-0.2, -0.15) is 4.80 Å². The van der Waals surface area contributed by atoms with Crippen molar-refractivity contribution < 1.29 is 14.3 Å². The molecule has 0 aromatic carbocycles. The van der Waals surface area contributed by atoms with E-state index in [-0.39, 0.29) is 22.8 Å². The van der Waals surface area contributed by atoms with Gasteiger partial charge in [-0.15, -0.1) is 10.2 Å². The number of carbonyl (C=O) groups excluding carboxylic acids is 2. The Labute approximate surface area is 171 Å². The summed E-state index contributed by atoms with van der Waals surface area (Å²) in [7, 11) is 0. The molecule has 4 saturated carbocycles. The van der Waals surface area contributed by atoms with Crippen molar-refractivity contribution in [2.75, 3.05) is 19.7 Å². The Balaban J connectivity index is 1.34. The third kappa shape index (κ3) is 3.06. The SMILES string of the molecule is CCOC(=O)C1CCN(C(=O)C23C[C@H]4C[C@@H](C2)CC(n2nnc(C)n2)(C4)C3)CC1. The van der Waals surface area contributed by atoms with Crippen molar-refractivity contribution in [3.63, 3.8) is 0 Å². The third-order valence-corrected chi connectivity index (χ3v) is 7.82. The van der Waals surface area contributed by atoms with Crippen molar-refractivity contribution in [3.05, 3.63) is 5.82 Å². The van der Waals surface area contributed by atoms with Crippen LogP contribution in [0, 0.1) is 30.1 Å². The maximum Gasteiger partial charge on any atom is 0.309 e. The number of hydrogen-bond acceptors (Lipinski definition) is 6. The van der Waals surface area contributed by atoms with Crippen molar-refractivity contribution in [3.8, 4) is 0 Å². The van der Waals surface area contributed by atoms with E-state index >= 15 is 0 Å². The molecule has 6 rings (SSSR count). The molecule has 5 aliphatic rings. The van der Waals surface area contributed by atoms with Gasteiger partial charge in [-0.25, -0.2) is 0 Å². The van der Waals surface area contributed by atoms with Gasteiger partial charge in [-0.05, 0) is 82.3 Å². The first-order valence-electron chi connectivity index (χ1n) is 11.2. The van der Waals surface area contributed by atoms with Crippen LogP contribution in [0.5, 0.6) is 0 Å². The van der Waals surface area contributed by atoms with Crippen molar-refractivity contribution in [1.82, 2.24) is 25.1 Å². The minimum Gasteiger partial charge on any atom is -0.466 e. The van der Waals surface area contributed by atoms with Gasteiger partial charge in [-0.3, -0.25) is 9.59 Å². The highest BCUT2D eigenvalue weighted by atomic mass is 16.5. The van der Waals surface area contributed by atoms with Gasteiger partial charge in [0.1, 0.15) is 0 Å². The van der Waals surface area contributed by atoms with Crippen LogP contribution in [0.25, 0.3) is 0 Å². The molecule has 4 bridgehead atoms. The summed E-state index contributed by atoms with van der Waals surface area (Å²) in [5, 5.41) is 13.0. The van der Waals surface area contributed by atoms with Crippen LogP contribution in [0.1, 0.15) is 64.1 Å². The molecule has 0 spiro atoms. The number of tetrazole rings is 1. The lowest BCUT2D eigenvalue weighted by Crippen LogP contribution is -2.62. The number of aromatic nitrogens is 4. The number of aryl methyl sites for hydroxylation is 1. The molecule has 0 N–H and O–H groups in total. The smallest absolute Gasteiger partial charge is 0.309 e. The molecule has 4 aliphatic carbocycles. The molecule has 158 valence electrons. The second kappa shape index (κ2) is 6.77. The highest BCUT2D eigenvalue weighted by Gasteiger charge is 2.63. The lowest BCUT2D eigenvalue weighted by molar-refractivity contribution is -0.170. The fourth-order valence-corrected chi connectivity index (χ4v) is 7.10. The summed E-state index contributed by atoms with van der Waals surface area (Å²) < 4.78 is 5.18. The molecular formula is C21H31N5O3. The lowest BCUT2D eigenvalue weighted by atomic mass is 9.46. The highest BCUT2D eigenvalue weighted by Crippen LogP contribution is 2.64. The third-order valence-electron chi connectivity index (χ3n) is 7.82. The molecule has 1 aliphatic heterocycles. The van der Waals surface area contributed by atoms with Crippen LogP contribution in [0.2, 0.25) is 0 Å². The zero-order valence-corrected chi connectivity index (χ0v) is 17.5. The van der Waals surface area contributed by atoms with E-state index in [2.05, 4.69) is 15.4 Å².